The Morgan fingerprint density at radius 3 is 2.37 bits per heavy atom. The molecule has 0 unspecified atom stereocenters. The standard InChI is InChI=1S/C24H28N4O2/c25-14-17-27-24(30)21-6-1-2-7-22(21)28-23(29)20-10-8-18(9-11-20)4-3-5-19-12-15-26-16-13-19/h8-13,15-16,21-22H,1-7,17H2,(H,27,30)(H,28,29)/t21-,22+/m1/s1. The van der Waals surface area contributed by atoms with Crippen molar-refractivity contribution in [2.75, 3.05) is 6.54 Å². The van der Waals surface area contributed by atoms with E-state index in [9.17, 15) is 9.59 Å². The van der Waals surface area contributed by atoms with Gasteiger partial charge in [0.25, 0.3) is 5.91 Å². The van der Waals surface area contributed by atoms with Crippen LogP contribution < -0.4 is 10.6 Å². The summed E-state index contributed by atoms with van der Waals surface area (Å²) >= 11 is 0. The lowest BCUT2D eigenvalue weighted by atomic mass is 9.83. The summed E-state index contributed by atoms with van der Waals surface area (Å²) in [7, 11) is 0. The van der Waals surface area contributed by atoms with Gasteiger partial charge >= 0.3 is 0 Å². The molecule has 6 heteroatoms. The Balaban J connectivity index is 1.52. The fourth-order valence-electron chi connectivity index (χ4n) is 4.00. The smallest absolute Gasteiger partial charge is 0.251 e. The number of benzene rings is 1. The maximum absolute atomic E-state index is 12.7. The summed E-state index contributed by atoms with van der Waals surface area (Å²) in [6.45, 7) is -0.00137. The molecule has 1 saturated carbocycles. The number of carbonyl (C=O) groups is 2. The van der Waals surface area contributed by atoms with Crippen molar-refractivity contribution in [1.29, 1.82) is 5.26 Å². The van der Waals surface area contributed by atoms with E-state index in [0.717, 1.165) is 44.9 Å². The predicted molar refractivity (Wildman–Crippen MR) is 115 cm³/mol. The van der Waals surface area contributed by atoms with Crippen LogP contribution in [0.3, 0.4) is 0 Å². The highest BCUT2D eigenvalue weighted by molar-refractivity contribution is 5.95. The number of nitrogens with one attached hydrogen (secondary N) is 2. The van der Waals surface area contributed by atoms with E-state index in [1.807, 2.05) is 54.9 Å². The zero-order valence-corrected chi connectivity index (χ0v) is 17.1. The van der Waals surface area contributed by atoms with Crippen LogP contribution in [0.2, 0.25) is 0 Å². The number of hydrogen-bond acceptors (Lipinski definition) is 4. The molecule has 1 aliphatic carbocycles. The molecular formula is C24H28N4O2. The maximum Gasteiger partial charge on any atom is 0.251 e. The van der Waals surface area contributed by atoms with Crippen LogP contribution in [0, 0.1) is 17.2 Å². The van der Waals surface area contributed by atoms with E-state index in [-0.39, 0.29) is 30.3 Å². The molecule has 0 saturated heterocycles. The van der Waals surface area contributed by atoms with Gasteiger partial charge in [0.1, 0.15) is 6.54 Å². The predicted octanol–water partition coefficient (Wildman–Crippen LogP) is 3.19. The third-order valence-corrected chi connectivity index (χ3v) is 5.66. The molecule has 2 amide bonds. The number of aryl methyl sites for hydroxylation is 2. The number of nitrogens with zero attached hydrogens (tertiary/aromatic N) is 2. The summed E-state index contributed by atoms with van der Waals surface area (Å²) in [6.07, 6.45) is 10.1. The Hall–Kier alpha value is -3.20. The zero-order valence-electron chi connectivity index (χ0n) is 17.1. The molecule has 0 radical (unpaired) electrons. The van der Waals surface area contributed by atoms with E-state index < -0.39 is 0 Å². The van der Waals surface area contributed by atoms with Gasteiger partial charge in [-0.15, -0.1) is 0 Å². The molecule has 1 aromatic carbocycles. The van der Waals surface area contributed by atoms with Gasteiger partial charge < -0.3 is 10.6 Å². The molecule has 0 bridgehead atoms. The van der Waals surface area contributed by atoms with Gasteiger partial charge in [-0.2, -0.15) is 5.26 Å². The quantitative estimate of drug-likeness (QED) is 0.661. The second kappa shape index (κ2) is 11.1. The van der Waals surface area contributed by atoms with Gasteiger partial charge in [-0.1, -0.05) is 25.0 Å². The molecule has 0 spiro atoms. The van der Waals surface area contributed by atoms with Crippen molar-refractivity contribution in [3.8, 4) is 6.07 Å². The fourth-order valence-corrected chi connectivity index (χ4v) is 4.00. The van der Waals surface area contributed by atoms with Crippen molar-refractivity contribution in [3.63, 3.8) is 0 Å². The van der Waals surface area contributed by atoms with E-state index in [4.69, 9.17) is 5.26 Å². The van der Waals surface area contributed by atoms with E-state index in [1.165, 1.54) is 11.1 Å². The van der Waals surface area contributed by atoms with Gasteiger partial charge in [-0.25, -0.2) is 0 Å². The highest BCUT2D eigenvalue weighted by atomic mass is 16.2. The first kappa shape index (κ1) is 21.5. The second-order valence-electron chi connectivity index (χ2n) is 7.75. The lowest BCUT2D eigenvalue weighted by molar-refractivity contribution is -0.126. The molecule has 0 aliphatic heterocycles. The Morgan fingerprint density at radius 2 is 1.67 bits per heavy atom. The molecule has 6 nitrogen and oxygen atoms in total. The monoisotopic (exact) mass is 404 g/mol. The largest absolute Gasteiger partial charge is 0.349 e. The van der Waals surface area contributed by atoms with Gasteiger partial charge in [0, 0.05) is 24.0 Å². The summed E-state index contributed by atoms with van der Waals surface area (Å²) in [6, 6.07) is 13.5. The minimum Gasteiger partial charge on any atom is -0.349 e. The molecule has 3 rings (SSSR count). The van der Waals surface area contributed by atoms with Gasteiger partial charge in [0.2, 0.25) is 5.91 Å². The summed E-state index contributed by atoms with van der Waals surface area (Å²) in [5.41, 5.74) is 3.09. The first-order chi connectivity index (χ1) is 14.7. The topological polar surface area (TPSA) is 94.9 Å². The van der Waals surface area contributed by atoms with Crippen LogP contribution >= 0.6 is 0 Å². The lowest BCUT2D eigenvalue weighted by Crippen LogP contribution is -2.48. The number of hydrogen-bond donors (Lipinski definition) is 2. The Morgan fingerprint density at radius 1 is 1.00 bits per heavy atom. The molecule has 1 heterocycles. The van der Waals surface area contributed by atoms with E-state index in [1.54, 1.807) is 0 Å². The summed E-state index contributed by atoms with van der Waals surface area (Å²) in [5.74, 6) is -0.571. The number of amides is 2. The highest BCUT2D eigenvalue weighted by Gasteiger charge is 2.32. The molecule has 1 fully saturated rings. The summed E-state index contributed by atoms with van der Waals surface area (Å²) in [4.78, 5) is 29.1. The Labute approximate surface area is 177 Å². The molecule has 2 N–H and O–H groups in total. The van der Waals surface area contributed by atoms with Crippen molar-refractivity contribution < 1.29 is 9.59 Å². The SMILES string of the molecule is N#CCNC(=O)[C@@H]1CCCC[C@@H]1NC(=O)c1ccc(CCCc2ccncc2)cc1. The first-order valence-corrected chi connectivity index (χ1v) is 10.6. The number of pyridine rings is 1. The molecule has 30 heavy (non-hydrogen) atoms. The van der Waals surface area contributed by atoms with Crippen molar-refractivity contribution in [1.82, 2.24) is 15.6 Å². The lowest BCUT2D eigenvalue weighted by Gasteiger charge is -2.31. The van der Waals surface area contributed by atoms with Crippen LogP contribution in [-0.4, -0.2) is 29.4 Å². The molecule has 156 valence electrons. The highest BCUT2D eigenvalue weighted by Crippen LogP contribution is 2.25. The minimum absolute atomic E-state index is 0.00137. The number of nitriles is 1. The van der Waals surface area contributed by atoms with Gasteiger partial charge in [-0.3, -0.25) is 14.6 Å². The normalized spacial score (nSPS) is 18.2. The number of carbonyl (C=O) groups excluding carboxylic acids is 2. The third-order valence-electron chi connectivity index (χ3n) is 5.66. The second-order valence-corrected chi connectivity index (χ2v) is 7.75. The van der Waals surface area contributed by atoms with E-state index >= 15 is 0 Å². The van der Waals surface area contributed by atoms with Crippen molar-refractivity contribution in [3.05, 3.63) is 65.5 Å². The van der Waals surface area contributed by atoms with E-state index in [2.05, 4.69) is 15.6 Å². The van der Waals surface area contributed by atoms with Crippen molar-refractivity contribution in [2.45, 2.75) is 51.0 Å². The van der Waals surface area contributed by atoms with Crippen LogP contribution in [0.15, 0.2) is 48.8 Å². The zero-order chi connectivity index (χ0) is 21.2. The molecule has 2 aromatic rings. The minimum atomic E-state index is -0.275. The third kappa shape index (κ3) is 6.15. The summed E-state index contributed by atoms with van der Waals surface area (Å²) in [5, 5.41) is 14.3. The van der Waals surface area contributed by atoms with Crippen molar-refractivity contribution in [2.24, 2.45) is 5.92 Å². The number of aromatic nitrogens is 1. The van der Waals surface area contributed by atoms with Gasteiger partial charge in [-0.05, 0) is 67.5 Å². The van der Waals surface area contributed by atoms with Crippen molar-refractivity contribution >= 4 is 11.8 Å². The average Bonchev–Trinajstić information content (AvgIpc) is 2.79. The van der Waals surface area contributed by atoms with Crippen LogP contribution in [0.25, 0.3) is 0 Å². The maximum atomic E-state index is 12.7. The molecule has 1 aliphatic rings. The fraction of sp³-hybridized carbons (Fsp3) is 0.417. The Kier molecular flexibility index (Phi) is 7.96. The summed E-state index contributed by atoms with van der Waals surface area (Å²) < 4.78 is 0. The molecule has 1 aromatic heterocycles. The van der Waals surface area contributed by atoms with Crippen LogP contribution in [0.5, 0.6) is 0 Å². The van der Waals surface area contributed by atoms with Crippen LogP contribution in [0.1, 0.15) is 53.6 Å². The Bertz CT molecular complexity index is 874. The van der Waals surface area contributed by atoms with Crippen LogP contribution in [0.4, 0.5) is 0 Å². The number of rotatable bonds is 8. The average molecular weight is 405 g/mol. The van der Waals surface area contributed by atoms with Gasteiger partial charge in [0.15, 0.2) is 0 Å². The molecular weight excluding hydrogens is 376 g/mol. The molecule has 2 atom stereocenters. The van der Waals surface area contributed by atoms with Gasteiger partial charge in [0.05, 0.1) is 12.0 Å². The first-order valence-electron chi connectivity index (χ1n) is 10.6. The van der Waals surface area contributed by atoms with Crippen LogP contribution in [-0.2, 0) is 17.6 Å². The van der Waals surface area contributed by atoms with E-state index in [0.29, 0.717) is 5.56 Å².